The number of hydrogen-bond donors (Lipinski definition) is 1. The van der Waals surface area contributed by atoms with E-state index in [1.807, 2.05) is 24.1 Å². The van der Waals surface area contributed by atoms with E-state index in [1.165, 1.54) is 6.07 Å². The summed E-state index contributed by atoms with van der Waals surface area (Å²) >= 11 is 3.26. The first-order valence-corrected chi connectivity index (χ1v) is 7.83. The van der Waals surface area contributed by atoms with Crippen molar-refractivity contribution in [2.75, 3.05) is 26.7 Å². The van der Waals surface area contributed by atoms with Gasteiger partial charge in [-0.15, -0.1) is 0 Å². The second-order valence-electron chi connectivity index (χ2n) is 5.55. The fraction of sp³-hybridized carbons (Fsp3) is 0.533. The van der Waals surface area contributed by atoms with Crippen molar-refractivity contribution in [2.45, 2.75) is 25.4 Å². The van der Waals surface area contributed by atoms with E-state index < -0.39 is 5.97 Å². The van der Waals surface area contributed by atoms with E-state index in [-0.39, 0.29) is 12.4 Å². The third-order valence-corrected chi connectivity index (χ3v) is 4.47. The number of carboxylic acids is 1. The van der Waals surface area contributed by atoms with Gasteiger partial charge >= 0.3 is 5.97 Å². The van der Waals surface area contributed by atoms with Crippen LogP contribution in [0, 0.1) is 5.82 Å². The van der Waals surface area contributed by atoms with Gasteiger partial charge in [-0.1, -0.05) is 22.0 Å². The molecule has 0 unspecified atom stereocenters. The Hall–Kier alpha value is -0.980. The van der Waals surface area contributed by atoms with Gasteiger partial charge in [0.05, 0.1) is 6.54 Å². The van der Waals surface area contributed by atoms with Gasteiger partial charge in [0, 0.05) is 22.6 Å². The van der Waals surface area contributed by atoms with Crippen molar-refractivity contribution in [1.82, 2.24) is 9.80 Å². The lowest BCUT2D eigenvalue weighted by atomic mass is 10.0. The van der Waals surface area contributed by atoms with Crippen LogP contribution in [0.4, 0.5) is 4.39 Å². The van der Waals surface area contributed by atoms with Crippen molar-refractivity contribution in [3.63, 3.8) is 0 Å². The van der Waals surface area contributed by atoms with Crippen LogP contribution < -0.4 is 0 Å². The van der Waals surface area contributed by atoms with Crippen LogP contribution in [0.3, 0.4) is 0 Å². The van der Waals surface area contributed by atoms with Crippen molar-refractivity contribution in [2.24, 2.45) is 0 Å². The standard InChI is InChI=1S/C15H20BrFN2O2/c1-18(10-15(20)21)13-4-6-19(7-5-13)9-11-2-3-12(16)8-14(11)17/h2-3,8,13H,4-7,9-10H2,1H3,(H,20,21). The van der Waals surface area contributed by atoms with Gasteiger partial charge in [0.1, 0.15) is 5.82 Å². The third kappa shape index (κ3) is 4.76. The molecular formula is C15H20BrFN2O2. The van der Waals surface area contributed by atoms with Gasteiger partial charge in [-0.3, -0.25) is 14.6 Å². The fourth-order valence-corrected chi connectivity index (χ4v) is 3.08. The van der Waals surface area contributed by atoms with Gasteiger partial charge in [0.15, 0.2) is 0 Å². The van der Waals surface area contributed by atoms with Crippen molar-refractivity contribution in [3.8, 4) is 0 Å². The lowest BCUT2D eigenvalue weighted by Crippen LogP contribution is -2.44. The number of aliphatic carboxylic acids is 1. The summed E-state index contributed by atoms with van der Waals surface area (Å²) in [7, 11) is 1.85. The molecule has 6 heteroatoms. The molecule has 1 N–H and O–H groups in total. The molecule has 0 saturated carbocycles. The summed E-state index contributed by atoms with van der Waals surface area (Å²) < 4.78 is 14.6. The Balaban J connectivity index is 1.85. The van der Waals surface area contributed by atoms with E-state index in [0.29, 0.717) is 18.2 Å². The summed E-state index contributed by atoms with van der Waals surface area (Å²) in [5.41, 5.74) is 0.704. The fourth-order valence-electron chi connectivity index (χ4n) is 2.75. The highest BCUT2D eigenvalue weighted by atomic mass is 79.9. The quantitative estimate of drug-likeness (QED) is 0.878. The van der Waals surface area contributed by atoms with Gasteiger partial charge in [-0.2, -0.15) is 0 Å². The lowest BCUT2D eigenvalue weighted by molar-refractivity contribution is -0.138. The summed E-state index contributed by atoms with van der Waals surface area (Å²) in [5.74, 6) is -0.980. The molecule has 1 saturated heterocycles. The Labute approximate surface area is 132 Å². The third-order valence-electron chi connectivity index (χ3n) is 3.97. The highest BCUT2D eigenvalue weighted by molar-refractivity contribution is 9.10. The number of rotatable bonds is 5. The number of hydrogen-bond acceptors (Lipinski definition) is 3. The molecule has 2 rings (SSSR count). The van der Waals surface area contributed by atoms with Gasteiger partial charge in [-0.05, 0) is 45.1 Å². The number of piperidine rings is 1. The van der Waals surface area contributed by atoms with Crippen molar-refractivity contribution in [1.29, 1.82) is 0 Å². The first-order valence-electron chi connectivity index (χ1n) is 7.04. The first-order chi connectivity index (χ1) is 9.95. The Kier molecular flexibility index (Phi) is 5.72. The monoisotopic (exact) mass is 358 g/mol. The smallest absolute Gasteiger partial charge is 0.317 e. The van der Waals surface area contributed by atoms with Gasteiger partial charge < -0.3 is 5.11 Å². The van der Waals surface area contributed by atoms with Crippen LogP contribution in [0.15, 0.2) is 22.7 Å². The molecule has 0 aliphatic carbocycles. The van der Waals surface area contributed by atoms with E-state index in [0.717, 1.165) is 30.4 Å². The topological polar surface area (TPSA) is 43.8 Å². The van der Waals surface area contributed by atoms with Crippen LogP contribution >= 0.6 is 15.9 Å². The molecule has 1 aliphatic heterocycles. The summed E-state index contributed by atoms with van der Waals surface area (Å²) in [6.45, 7) is 2.41. The maximum Gasteiger partial charge on any atom is 0.317 e. The molecule has 0 radical (unpaired) electrons. The van der Waals surface area contributed by atoms with Crippen LogP contribution in [0.5, 0.6) is 0 Å². The number of likely N-dealkylation sites (N-methyl/N-ethyl adjacent to an activating group) is 1. The minimum atomic E-state index is -0.795. The Morgan fingerprint density at radius 3 is 2.71 bits per heavy atom. The highest BCUT2D eigenvalue weighted by Crippen LogP contribution is 2.20. The zero-order valence-corrected chi connectivity index (χ0v) is 13.6. The molecule has 116 valence electrons. The van der Waals surface area contributed by atoms with Gasteiger partial charge in [0.2, 0.25) is 0 Å². The van der Waals surface area contributed by atoms with E-state index in [1.54, 1.807) is 0 Å². The van der Waals surface area contributed by atoms with Crippen LogP contribution in [-0.2, 0) is 11.3 Å². The summed E-state index contributed by atoms with van der Waals surface area (Å²) in [6.07, 6.45) is 1.84. The number of nitrogens with zero attached hydrogens (tertiary/aromatic N) is 2. The predicted molar refractivity (Wildman–Crippen MR) is 82.7 cm³/mol. The van der Waals surface area contributed by atoms with Crippen LogP contribution in [0.2, 0.25) is 0 Å². The second-order valence-corrected chi connectivity index (χ2v) is 6.47. The van der Waals surface area contributed by atoms with Crippen LogP contribution in [0.1, 0.15) is 18.4 Å². The lowest BCUT2D eigenvalue weighted by Gasteiger charge is -2.36. The largest absolute Gasteiger partial charge is 0.480 e. The molecule has 1 aromatic carbocycles. The van der Waals surface area contributed by atoms with E-state index in [4.69, 9.17) is 5.11 Å². The number of carboxylic acid groups (broad SMARTS) is 1. The SMILES string of the molecule is CN(CC(=O)O)C1CCN(Cc2ccc(Br)cc2F)CC1. The van der Waals surface area contributed by atoms with E-state index in [2.05, 4.69) is 20.8 Å². The van der Waals surface area contributed by atoms with Crippen molar-refractivity contribution < 1.29 is 14.3 Å². The van der Waals surface area contributed by atoms with Gasteiger partial charge in [-0.25, -0.2) is 4.39 Å². The summed E-state index contributed by atoms with van der Waals surface area (Å²) in [6, 6.07) is 5.45. The van der Waals surface area contributed by atoms with Crippen molar-refractivity contribution >= 4 is 21.9 Å². The zero-order valence-electron chi connectivity index (χ0n) is 12.1. The predicted octanol–water partition coefficient (Wildman–Crippen LogP) is 2.57. The van der Waals surface area contributed by atoms with Crippen LogP contribution in [-0.4, -0.2) is 53.6 Å². The number of halogens is 2. The van der Waals surface area contributed by atoms with Crippen molar-refractivity contribution in [3.05, 3.63) is 34.1 Å². The molecule has 0 atom stereocenters. The molecule has 0 aromatic heterocycles. The molecule has 1 aliphatic rings. The first kappa shape index (κ1) is 16.4. The molecular weight excluding hydrogens is 339 g/mol. The van der Waals surface area contributed by atoms with Crippen LogP contribution in [0.25, 0.3) is 0 Å². The molecule has 21 heavy (non-hydrogen) atoms. The number of carbonyl (C=O) groups is 1. The molecule has 0 spiro atoms. The van der Waals surface area contributed by atoms with Gasteiger partial charge in [0.25, 0.3) is 0 Å². The molecule has 1 aromatic rings. The molecule has 1 fully saturated rings. The Bertz CT molecular complexity index is 504. The maximum atomic E-state index is 13.8. The maximum absolute atomic E-state index is 13.8. The van der Waals surface area contributed by atoms with E-state index >= 15 is 0 Å². The minimum Gasteiger partial charge on any atom is -0.480 e. The molecule has 0 bridgehead atoms. The Morgan fingerprint density at radius 1 is 1.48 bits per heavy atom. The molecule has 1 heterocycles. The van der Waals surface area contributed by atoms with E-state index in [9.17, 15) is 9.18 Å². The molecule has 0 amide bonds. The summed E-state index contributed by atoms with van der Waals surface area (Å²) in [4.78, 5) is 14.8. The highest BCUT2D eigenvalue weighted by Gasteiger charge is 2.23. The summed E-state index contributed by atoms with van der Waals surface area (Å²) in [5, 5.41) is 8.82. The Morgan fingerprint density at radius 2 is 2.14 bits per heavy atom. The zero-order chi connectivity index (χ0) is 15.4. The minimum absolute atomic E-state index is 0.0754. The average Bonchev–Trinajstić information content (AvgIpc) is 2.42. The normalized spacial score (nSPS) is 17.3. The number of likely N-dealkylation sites (tertiary alicyclic amines) is 1. The molecule has 4 nitrogen and oxygen atoms in total. The average molecular weight is 359 g/mol. The number of benzene rings is 1. The second kappa shape index (κ2) is 7.33.